The van der Waals surface area contributed by atoms with E-state index in [0.717, 1.165) is 19.3 Å². The van der Waals surface area contributed by atoms with Crippen LogP contribution in [-0.2, 0) is 12.8 Å². The molecule has 0 saturated carbocycles. The molecular weight excluding hydrogens is 256 g/mol. The summed E-state index contributed by atoms with van der Waals surface area (Å²) < 4.78 is 0. The predicted octanol–water partition coefficient (Wildman–Crippen LogP) is 6.13. The van der Waals surface area contributed by atoms with Gasteiger partial charge in [-0.2, -0.15) is 0 Å². The number of aryl methyl sites for hydroxylation is 1. The number of rotatable bonds is 6. The Morgan fingerprint density at radius 3 is 1.86 bits per heavy atom. The summed E-state index contributed by atoms with van der Waals surface area (Å²) in [5.41, 5.74) is 3.28. The fraction of sp³-hybridized carbons (Fsp3) is 0.700. The standard InChI is InChI=1S/C20H34O/c1-19(2,3)14-8-11-16-10-7-13-18(21)17(16)12-9-15-20(4,5)6/h7,10,13,21H,8-9,11-12,14-15H2,1-6H3. The van der Waals surface area contributed by atoms with Gasteiger partial charge >= 0.3 is 0 Å². The van der Waals surface area contributed by atoms with Crippen molar-refractivity contribution in [2.24, 2.45) is 10.8 Å². The Morgan fingerprint density at radius 1 is 0.810 bits per heavy atom. The minimum atomic E-state index is 0.372. The molecule has 0 heterocycles. The fourth-order valence-corrected chi connectivity index (χ4v) is 2.75. The molecule has 1 aromatic rings. The largest absolute Gasteiger partial charge is 0.508 e. The molecule has 0 aliphatic heterocycles. The van der Waals surface area contributed by atoms with Crippen LogP contribution < -0.4 is 0 Å². The molecule has 120 valence electrons. The Kier molecular flexibility index (Phi) is 6.31. The molecule has 0 amide bonds. The second-order valence-corrected chi connectivity index (χ2v) is 8.74. The van der Waals surface area contributed by atoms with E-state index >= 15 is 0 Å². The van der Waals surface area contributed by atoms with Gasteiger partial charge < -0.3 is 5.11 Å². The molecule has 0 atom stereocenters. The third-order valence-corrected chi connectivity index (χ3v) is 3.97. The van der Waals surface area contributed by atoms with Crippen molar-refractivity contribution in [2.75, 3.05) is 0 Å². The molecule has 0 spiro atoms. The quantitative estimate of drug-likeness (QED) is 0.668. The van der Waals surface area contributed by atoms with E-state index in [9.17, 15) is 5.11 Å². The zero-order chi connectivity index (χ0) is 16.1. The van der Waals surface area contributed by atoms with E-state index in [1.807, 2.05) is 12.1 Å². The highest BCUT2D eigenvalue weighted by atomic mass is 16.3. The van der Waals surface area contributed by atoms with Crippen LogP contribution in [0.2, 0.25) is 0 Å². The minimum Gasteiger partial charge on any atom is -0.508 e. The van der Waals surface area contributed by atoms with Crippen molar-refractivity contribution in [1.82, 2.24) is 0 Å². The summed E-state index contributed by atoms with van der Waals surface area (Å²) in [6, 6.07) is 6.00. The van der Waals surface area contributed by atoms with Gasteiger partial charge in [0.25, 0.3) is 0 Å². The number of phenolic OH excluding ortho intramolecular Hbond substituents is 1. The molecule has 1 nitrogen and oxygen atoms in total. The third kappa shape index (κ3) is 7.55. The Hall–Kier alpha value is -0.980. The van der Waals surface area contributed by atoms with Crippen LogP contribution in [0.5, 0.6) is 5.75 Å². The van der Waals surface area contributed by atoms with Gasteiger partial charge in [0.1, 0.15) is 5.75 Å². The molecule has 0 bridgehead atoms. The van der Waals surface area contributed by atoms with Crippen LogP contribution in [-0.4, -0.2) is 5.11 Å². The molecule has 0 aliphatic carbocycles. The summed E-state index contributed by atoms with van der Waals surface area (Å²) in [5, 5.41) is 10.2. The Bertz CT molecular complexity index is 432. The fourth-order valence-electron chi connectivity index (χ4n) is 2.75. The van der Waals surface area contributed by atoms with Gasteiger partial charge in [0, 0.05) is 0 Å². The van der Waals surface area contributed by atoms with Crippen molar-refractivity contribution in [3.8, 4) is 5.75 Å². The van der Waals surface area contributed by atoms with E-state index in [1.54, 1.807) is 0 Å². The molecule has 1 rings (SSSR count). The molecule has 0 saturated heterocycles. The van der Waals surface area contributed by atoms with Gasteiger partial charge in [0.2, 0.25) is 0 Å². The second-order valence-electron chi connectivity index (χ2n) is 8.74. The summed E-state index contributed by atoms with van der Waals surface area (Å²) >= 11 is 0. The van der Waals surface area contributed by atoms with Gasteiger partial charge in [-0.15, -0.1) is 0 Å². The third-order valence-electron chi connectivity index (χ3n) is 3.97. The number of aromatic hydroxyl groups is 1. The van der Waals surface area contributed by atoms with Crippen LogP contribution in [0.15, 0.2) is 18.2 Å². The van der Waals surface area contributed by atoms with E-state index in [0.29, 0.717) is 16.6 Å². The predicted molar refractivity (Wildman–Crippen MR) is 92.9 cm³/mol. The van der Waals surface area contributed by atoms with Gasteiger partial charge in [-0.25, -0.2) is 0 Å². The summed E-state index contributed by atoms with van der Waals surface area (Å²) in [4.78, 5) is 0. The molecule has 21 heavy (non-hydrogen) atoms. The van der Waals surface area contributed by atoms with Crippen molar-refractivity contribution in [3.05, 3.63) is 29.3 Å². The Balaban J connectivity index is 2.65. The normalized spacial score (nSPS) is 12.7. The van der Waals surface area contributed by atoms with Gasteiger partial charge in [-0.05, 0) is 66.5 Å². The van der Waals surface area contributed by atoms with Crippen LogP contribution in [0.25, 0.3) is 0 Å². The van der Waals surface area contributed by atoms with Crippen molar-refractivity contribution < 1.29 is 5.11 Å². The zero-order valence-corrected chi connectivity index (χ0v) is 14.9. The molecule has 1 heteroatoms. The topological polar surface area (TPSA) is 20.2 Å². The highest BCUT2D eigenvalue weighted by Gasteiger charge is 2.14. The summed E-state index contributed by atoms with van der Waals surface area (Å²) in [5.74, 6) is 0.483. The van der Waals surface area contributed by atoms with E-state index in [-0.39, 0.29) is 0 Å². The minimum absolute atomic E-state index is 0.372. The molecule has 0 fully saturated rings. The number of hydrogen-bond acceptors (Lipinski definition) is 1. The molecule has 0 radical (unpaired) electrons. The van der Waals surface area contributed by atoms with Gasteiger partial charge in [-0.1, -0.05) is 53.7 Å². The Morgan fingerprint density at radius 2 is 1.33 bits per heavy atom. The maximum absolute atomic E-state index is 10.2. The summed E-state index contributed by atoms with van der Waals surface area (Å²) in [6.07, 6.45) is 6.84. The van der Waals surface area contributed by atoms with Crippen LogP contribution in [0.4, 0.5) is 0 Å². The molecule has 1 aromatic carbocycles. The first-order valence-corrected chi connectivity index (χ1v) is 8.38. The van der Waals surface area contributed by atoms with E-state index in [2.05, 4.69) is 47.6 Å². The first-order chi connectivity index (χ1) is 9.58. The van der Waals surface area contributed by atoms with E-state index in [4.69, 9.17) is 0 Å². The van der Waals surface area contributed by atoms with E-state index < -0.39 is 0 Å². The SMILES string of the molecule is CC(C)(C)CCCc1cccc(O)c1CCCC(C)(C)C. The number of hydrogen-bond donors (Lipinski definition) is 1. The lowest BCUT2D eigenvalue weighted by molar-refractivity contribution is 0.361. The molecule has 0 unspecified atom stereocenters. The zero-order valence-electron chi connectivity index (χ0n) is 14.9. The highest BCUT2D eigenvalue weighted by Crippen LogP contribution is 2.29. The molecular formula is C20H34O. The second kappa shape index (κ2) is 7.33. The lowest BCUT2D eigenvalue weighted by Crippen LogP contribution is -2.07. The van der Waals surface area contributed by atoms with Crippen LogP contribution in [0, 0.1) is 10.8 Å². The van der Waals surface area contributed by atoms with Crippen molar-refractivity contribution >= 4 is 0 Å². The van der Waals surface area contributed by atoms with Crippen molar-refractivity contribution in [3.63, 3.8) is 0 Å². The lowest BCUT2D eigenvalue weighted by Gasteiger charge is -2.20. The van der Waals surface area contributed by atoms with Gasteiger partial charge in [-0.3, -0.25) is 0 Å². The average Bonchev–Trinajstić information content (AvgIpc) is 2.29. The van der Waals surface area contributed by atoms with Crippen LogP contribution in [0.3, 0.4) is 0 Å². The van der Waals surface area contributed by atoms with Crippen LogP contribution >= 0.6 is 0 Å². The average molecular weight is 290 g/mol. The first kappa shape index (κ1) is 18.1. The maximum Gasteiger partial charge on any atom is 0.119 e. The first-order valence-electron chi connectivity index (χ1n) is 8.38. The summed E-state index contributed by atoms with van der Waals surface area (Å²) in [6.45, 7) is 13.7. The highest BCUT2D eigenvalue weighted by molar-refractivity contribution is 5.39. The Labute approximate surface area is 131 Å². The van der Waals surface area contributed by atoms with Gasteiger partial charge in [0.05, 0.1) is 0 Å². The lowest BCUT2D eigenvalue weighted by atomic mass is 9.86. The number of benzene rings is 1. The van der Waals surface area contributed by atoms with Crippen molar-refractivity contribution in [1.29, 1.82) is 0 Å². The molecule has 1 N–H and O–H groups in total. The number of phenols is 1. The van der Waals surface area contributed by atoms with Gasteiger partial charge in [0.15, 0.2) is 0 Å². The smallest absolute Gasteiger partial charge is 0.119 e. The summed E-state index contributed by atoms with van der Waals surface area (Å²) in [7, 11) is 0. The maximum atomic E-state index is 10.2. The monoisotopic (exact) mass is 290 g/mol. The van der Waals surface area contributed by atoms with Crippen molar-refractivity contribution in [2.45, 2.75) is 80.1 Å². The van der Waals surface area contributed by atoms with E-state index in [1.165, 1.54) is 30.4 Å². The molecule has 0 aliphatic rings. The molecule has 0 aromatic heterocycles. The van der Waals surface area contributed by atoms with Crippen LogP contribution in [0.1, 0.15) is 78.4 Å².